The van der Waals surface area contributed by atoms with Crippen molar-refractivity contribution in [3.63, 3.8) is 0 Å². The van der Waals surface area contributed by atoms with Gasteiger partial charge in [-0.25, -0.2) is 4.39 Å². The Bertz CT molecular complexity index is 368. The standard InChI is InChI=1S/C13H18FNO2/c1-2-15(9-10-16)13(17)8-7-11-5-3-4-6-12(11)14/h3-6,16H,2,7-10H2,1H3. The first-order chi connectivity index (χ1) is 8.19. The zero-order valence-electron chi connectivity index (χ0n) is 10.0. The molecule has 0 heterocycles. The Morgan fingerprint density at radius 2 is 2.12 bits per heavy atom. The topological polar surface area (TPSA) is 40.5 Å². The number of amides is 1. The van der Waals surface area contributed by atoms with E-state index in [-0.39, 0.29) is 24.8 Å². The highest BCUT2D eigenvalue weighted by atomic mass is 19.1. The van der Waals surface area contributed by atoms with Gasteiger partial charge >= 0.3 is 0 Å². The predicted molar refractivity (Wildman–Crippen MR) is 64.1 cm³/mol. The summed E-state index contributed by atoms with van der Waals surface area (Å²) in [5, 5.41) is 8.79. The number of hydrogen-bond acceptors (Lipinski definition) is 2. The van der Waals surface area contributed by atoms with Crippen LogP contribution in [0.25, 0.3) is 0 Å². The highest BCUT2D eigenvalue weighted by Crippen LogP contribution is 2.09. The number of halogens is 1. The molecule has 1 rings (SSSR count). The summed E-state index contributed by atoms with van der Waals surface area (Å²) in [7, 11) is 0. The minimum atomic E-state index is -0.273. The molecule has 0 radical (unpaired) electrons. The predicted octanol–water partition coefficient (Wildman–Crippen LogP) is 1.60. The molecule has 94 valence electrons. The number of rotatable bonds is 6. The summed E-state index contributed by atoms with van der Waals surface area (Å²) in [5.41, 5.74) is 0.556. The number of benzene rings is 1. The summed E-state index contributed by atoms with van der Waals surface area (Å²) in [6, 6.07) is 6.47. The molecule has 0 fully saturated rings. The molecule has 1 aromatic carbocycles. The van der Waals surface area contributed by atoms with E-state index in [1.165, 1.54) is 6.07 Å². The van der Waals surface area contributed by atoms with Gasteiger partial charge in [0.15, 0.2) is 0 Å². The van der Waals surface area contributed by atoms with E-state index in [4.69, 9.17) is 5.11 Å². The highest BCUT2D eigenvalue weighted by Gasteiger charge is 2.11. The normalized spacial score (nSPS) is 10.3. The molecule has 1 aromatic rings. The third-order valence-corrected chi connectivity index (χ3v) is 2.67. The van der Waals surface area contributed by atoms with E-state index < -0.39 is 0 Å². The van der Waals surface area contributed by atoms with E-state index in [0.717, 1.165) is 0 Å². The summed E-state index contributed by atoms with van der Waals surface area (Å²) < 4.78 is 13.3. The Morgan fingerprint density at radius 3 is 2.71 bits per heavy atom. The molecule has 0 aliphatic heterocycles. The Balaban J connectivity index is 2.50. The fourth-order valence-electron chi connectivity index (χ4n) is 1.68. The molecule has 0 saturated carbocycles. The van der Waals surface area contributed by atoms with Crippen molar-refractivity contribution in [1.29, 1.82) is 0 Å². The number of likely N-dealkylation sites (N-methyl/N-ethyl adjacent to an activating group) is 1. The molecular formula is C13H18FNO2. The SMILES string of the molecule is CCN(CCO)C(=O)CCc1ccccc1F. The molecule has 0 spiro atoms. The fraction of sp³-hybridized carbons (Fsp3) is 0.462. The van der Waals surface area contributed by atoms with Gasteiger partial charge in [-0.15, -0.1) is 0 Å². The zero-order valence-corrected chi connectivity index (χ0v) is 10.0. The first-order valence-corrected chi connectivity index (χ1v) is 5.81. The molecular weight excluding hydrogens is 221 g/mol. The average molecular weight is 239 g/mol. The van der Waals surface area contributed by atoms with Gasteiger partial charge in [0.05, 0.1) is 6.61 Å². The van der Waals surface area contributed by atoms with Crippen molar-refractivity contribution in [1.82, 2.24) is 4.90 Å². The Kier molecular flexibility index (Phi) is 5.63. The second-order valence-corrected chi connectivity index (χ2v) is 3.79. The molecule has 0 atom stereocenters. The lowest BCUT2D eigenvalue weighted by molar-refractivity contribution is -0.131. The molecule has 17 heavy (non-hydrogen) atoms. The summed E-state index contributed by atoms with van der Waals surface area (Å²) in [4.78, 5) is 13.3. The van der Waals surface area contributed by atoms with Crippen molar-refractivity contribution in [2.75, 3.05) is 19.7 Å². The first-order valence-electron chi connectivity index (χ1n) is 5.81. The largest absolute Gasteiger partial charge is 0.395 e. The van der Waals surface area contributed by atoms with E-state index in [9.17, 15) is 9.18 Å². The van der Waals surface area contributed by atoms with E-state index in [1.807, 2.05) is 6.92 Å². The van der Waals surface area contributed by atoms with Crippen molar-refractivity contribution >= 4 is 5.91 Å². The monoisotopic (exact) mass is 239 g/mol. The number of aliphatic hydroxyl groups excluding tert-OH is 1. The van der Waals surface area contributed by atoms with Crippen molar-refractivity contribution in [3.05, 3.63) is 35.6 Å². The number of carbonyl (C=O) groups is 1. The Labute approximate surface area is 101 Å². The van der Waals surface area contributed by atoms with Gasteiger partial charge in [0, 0.05) is 19.5 Å². The lowest BCUT2D eigenvalue weighted by Gasteiger charge is -2.19. The van der Waals surface area contributed by atoms with E-state index >= 15 is 0 Å². The molecule has 0 unspecified atom stereocenters. The van der Waals surface area contributed by atoms with Gasteiger partial charge in [-0.05, 0) is 25.0 Å². The molecule has 0 aromatic heterocycles. The van der Waals surface area contributed by atoms with Crippen molar-refractivity contribution in [2.45, 2.75) is 19.8 Å². The smallest absolute Gasteiger partial charge is 0.222 e. The zero-order chi connectivity index (χ0) is 12.7. The number of aliphatic hydroxyl groups is 1. The molecule has 1 amide bonds. The van der Waals surface area contributed by atoms with Crippen molar-refractivity contribution in [2.24, 2.45) is 0 Å². The highest BCUT2D eigenvalue weighted by molar-refractivity contribution is 5.76. The lowest BCUT2D eigenvalue weighted by atomic mass is 10.1. The van der Waals surface area contributed by atoms with Gasteiger partial charge in [0.1, 0.15) is 5.82 Å². The third kappa shape index (κ3) is 4.15. The minimum Gasteiger partial charge on any atom is -0.395 e. The van der Waals surface area contributed by atoms with Crippen LogP contribution in [0.5, 0.6) is 0 Å². The van der Waals surface area contributed by atoms with Crippen LogP contribution in [0.1, 0.15) is 18.9 Å². The van der Waals surface area contributed by atoms with E-state index in [0.29, 0.717) is 25.1 Å². The van der Waals surface area contributed by atoms with Crippen LogP contribution in [0, 0.1) is 5.82 Å². The molecule has 1 N–H and O–H groups in total. The van der Waals surface area contributed by atoms with Crippen LogP contribution in [0.15, 0.2) is 24.3 Å². The molecule has 0 aliphatic rings. The maximum atomic E-state index is 13.3. The van der Waals surface area contributed by atoms with Gasteiger partial charge in [0.25, 0.3) is 0 Å². The number of nitrogens with zero attached hydrogens (tertiary/aromatic N) is 1. The minimum absolute atomic E-state index is 0.0424. The third-order valence-electron chi connectivity index (χ3n) is 2.67. The second-order valence-electron chi connectivity index (χ2n) is 3.79. The van der Waals surface area contributed by atoms with Crippen LogP contribution in [-0.4, -0.2) is 35.6 Å². The Morgan fingerprint density at radius 1 is 1.41 bits per heavy atom. The maximum Gasteiger partial charge on any atom is 0.222 e. The van der Waals surface area contributed by atoms with Crippen molar-refractivity contribution in [3.8, 4) is 0 Å². The summed E-state index contributed by atoms with van der Waals surface area (Å²) >= 11 is 0. The van der Waals surface area contributed by atoms with Gasteiger partial charge < -0.3 is 10.0 Å². The average Bonchev–Trinajstić information content (AvgIpc) is 2.34. The second kappa shape index (κ2) is 7.01. The van der Waals surface area contributed by atoms with E-state index in [1.54, 1.807) is 23.1 Å². The van der Waals surface area contributed by atoms with Crippen LogP contribution in [0.4, 0.5) is 4.39 Å². The summed E-state index contributed by atoms with van der Waals surface area (Å²) in [6.07, 6.45) is 0.669. The Hall–Kier alpha value is -1.42. The quantitative estimate of drug-likeness (QED) is 0.819. The molecule has 3 nitrogen and oxygen atoms in total. The van der Waals surface area contributed by atoms with Crippen molar-refractivity contribution < 1.29 is 14.3 Å². The molecule has 0 aliphatic carbocycles. The number of hydrogen-bond donors (Lipinski definition) is 1. The van der Waals surface area contributed by atoms with Crippen LogP contribution in [-0.2, 0) is 11.2 Å². The molecule has 0 saturated heterocycles. The van der Waals surface area contributed by atoms with Crippen LogP contribution < -0.4 is 0 Å². The van der Waals surface area contributed by atoms with Gasteiger partial charge in [0.2, 0.25) is 5.91 Å². The van der Waals surface area contributed by atoms with E-state index in [2.05, 4.69) is 0 Å². The van der Waals surface area contributed by atoms with Gasteiger partial charge in [-0.3, -0.25) is 4.79 Å². The summed E-state index contributed by atoms with van der Waals surface area (Å²) in [5.74, 6) is -0.324. The van der Waals surface area contributed by atoms with Crippen LogP contribution in [0.2, 0.25) is 0 Å². The van der Waals surface area contributed by atoms with Gasteiger partial charge in [-0.1, -0.05) is 18.2 Å². The maximum absolute atomic E-state index is 13.3. The van der Waals surface area contributed by atoms with Crippen LogP contribution >= 0.6 is 0 Å². The first kappa shape index (κ1) is 13.6. The van der Waals surface area contributed by atoms with Crippen LogP contribution in [0.3, 0.4) is 0 Å². The number of carbonyl (C=O) groups excluding carboxylic acids is 1. The number of aryl methyl sites for hydroxylation is 1. The lowest BCUT2D eigenvalue weighted by Crippen LogP contribution is -2.33. The summed E-state index contributed by atoms with van der Waals surface area (Å²) in [6.45, 7) is 2.72. The van der Waals surface area contributed by atoms with Gasteiger partial charge in [-0.2, -0.15) is 0 Å². The molecule has 0 bridgehead atoms. The fourth-order valence-corrected chi connectivity index (χ4v) is 1.68. The molecule has 4 heteroatoms.